The zero-order valence-corrected chi connectivity index (χ0v) is 8.41. The predicted molar refractivity (Wildman–Crippen MR) is 52.2 cm³/mol. The molecule has 1 saturated heterocycles. The Bertz CT molecular complexity index is 305. The smallest absolute Gasteiger partial charge is 0.328 e. The Morgan fingerprint density at radius 3 is 2.47 bits per heavy atom. The number of aliphatic hydroxyl groups is 1. The second-order valence-corrected chi connectivity index (χ2v) is 3.38. The molecular weight excluding hydrogens is 200 g/mol. The van der Waals surface area contributed by atoms with Crippen LogP contribution in [-0.4, -0.2) is 47.8 Å². The van der Waals surface area contributed by atoms with E-state index in [-0.39, 0.29) is 0 Å². The van der Waals surface area contributed by atoms with E-state index in [1.165, 1.54) is 0 Å². The number of nitrogens with one attached hydrogen (secondary N) is 2. The molecule has 1 atom stereocenters. The predicted octanol–water partition coefficient (Wildman–Crippen LogP) is -1.53. The second-order valence-electron chi connectivity index (χ2n) is 3.38. The van der Waals surface area contributed by atoms with E-state index in [0.717, 1.165) is 5.57 Å². The van der Waals surface area contributed by atoms with Crippen LogP contribution in [0.15, 0.2) is 11.1 Å². The number of carboxylic acid groups (broad SMARTS) is 1. The first-order chi connectivity index (χ1) is 7.06. The molecule has 0 spiro atoms. The van der Waals surface area contributed by atoms with Crippen molar-refractivity contribution < 1.29 is 19.8 Å². The van der Waals surface area contributed by atoms with E-state index in [4.69, 9.17) is 10.2 Å². The van der Waals surface area contributed by atoms with Gasteiger partial charge in [-0.25, -0.2) is 4.79 Å². The maximum absolute atomic E-state index is 11.5. The number of carbonyl (C=O) groups excluding carboxylic acids is 1. The summed E-state index contributed by atoms with van der Waals surface area (Å²) in [6.45, 7) is 2.36. The molecule has 0 aromatic carbocycles. The molecule has 1 fully saturated rings. The highest BCUT2D eigenvalue weighted by Gasteiger charge is 2.22. The molecule has 6 heteroatoms. The molecular formula is C9H14N2O4. The first-order valence-corrected chi connectivity index (χ1v) is 4.60. The van der Waals surface area contributed by atoms with Gasteiger partial charge in [0, 0.05) is 18.7 Å². The summed E-state index contributed by atoms with van der Waals surface area (Å²) in [6, 6.07) is -1.24. The lowest BCUT2D eigenvalue weighted by Crippen LogP contribution is -2.45. The summed E-state index contributed by atoms with van der Waals surface area (Å²) in [5.41, 5.74) is 1.49. The first kappa shape index (κ1) is 11.7. The van der Waals surface area contributed by atoms with Gasteiger partial charge in [0.2, 0.25) is 5.91 Å². The molecule has 0 unspecified atom stereocenters. The maximum atomic E-state index is 11.5. The van der Waals surface area contributed by atoms with Gasteiger partial charge in [-0.1, -0.05) is 0 Å². The Labute approximate surface area is 87.0 Å². The number of carboxylic acids is 1. The van der Waals surface area contributed by atoms with Crippen LogP contribution in [0.2, 0.25) is 0 Å². The third-order valence-electron chi connectivity index (χ3n) is 2.33. The van der Waals surface area contributed by atoms with Crippen LogP contribution >= 0.6 is 0 Å². The molecule has 1 rings (SSSR count). The van der Waals surface area contributed by atoms with Crippen LogP contribution < -0.4 is 10.6 Å². The van der Waals surface area contributed by atoms with Gasteiger partial charge in [-0.05, 0) is 12.5 Å². The number of amides is 1. The van der Waals surface area contributed by atoms with Gasteiger partial charge in [0.05, 0.1) is 6.61 Å². The fourth-order valence-electron chi connectivity index (χ4n) is 1.13. The van der Waals surface area contributed by atoms with E-state index in [2.05, 4.69) is 10.6 Å². The largest absolute Gasteiger partial charge is 0.480 e. The molecule has 84 valence electrons. The minimum absolute atomic E-state index is 0.437. The number of aliphatic carboxylic acids is 1. The van der Waals surface area contributed by atoms with Crippen LogP contribution in [0.1, 0.15) is 6.92 Å². The van der Waals surface area contributed by atoms with E-state index in [0.29, 0.717) is 18.7 Å². The third-order valence-corrected chi connectivity index (χ3v) is 2.33. The van der Waals surface area contributed by atoms with Crippen LogP contribution in [0.25, 0.3) is 0 Å². The summed E-state index contributed by atoms with van der Waals surface area (Å²) < 4.78 is 0. The molecule has 15 heavy (non-hydrogen) atoms. The van der Waals surface area contributed by atoms with Gasteiger partial charge in [-0.3, -0.25) is 4.79 Å². The van der Waals surface area contributed by atoms with Crippen molar-refractivity contribution in [2.45, 2.75) is 13.0 Å². The highest BCUT2D eigenvalue weighted by molar-refractivity contribution is 5.96. The van der Waals surface area contributed by atoms with Crippen LogP contribution in [0, 0.1) is 0 Å². The highest BCUT2D eigenvalue weighted by Crippen LogP contribution is 2.08. The summed E-state index contributed by atoms with van der Waals surface area (Å²) >= 11 is 0. The maximum Gasteiger partial charge on any atom is 0.328 e. The molecule has 1 aliphatic heterocycles. The minimum atomic E-state index is -1.24. The molecule has 6 nitrogen and oxygen atoms in total. The van der Waals surface area contributed by atoms with E-state index in [1.54, 1.807) is 6.92 Å². The van der Waals surface area contributed by atoms with Crippen molar-refractivity contribution in [3.63, 3.8) is 0 Å². The van der Waals surface area contributed by atoms with Crippen molar-refractivity contribution in [3.8, 4) is 0 Å². The molecule has 0 radical (unpaired) electrons. The summed E-state index contributed by atoms with van der Waals surface area (Å²) in [5.74, 6) is -1.68. The molecule has 0 aromatic heterocycles. The average molecular weight is 214 g/mol. The Morgan fingerprint density at radius 2 is 2.13 bits per heavy atom. The molecule has 0 aliphatic carbocycles. The normalized spacial score (nSPS) is 16.5. The molecule has 1 aliphatic rings. The van der Waals surface area contributed by atoms with Crippen LogP contribution in [0.3, 0.4) is 0 Å². The molecule has 1 heterocycles. The number of aliphatic hydroxyl groups excluding tert-OH is 1. The highest BCUT2D eigenvalue weighted by atomic mass is 16.4. The molecule has 0 saturated carbocycles. The lowest BCUT2D eigenvalue weighted by molar-refractivity contribution is -0.142. The molecule has 4 N–H and O–H groups in total. The van der Waals surface area contributed by atoms with E-state index >= 15 is 0 Å². The average Bonchev–Trinajstić information content (AvgIpc) is 2.10. The van der Waals surface area contributed by atoms with Crippen LogP contribution in [-0.2, 0) is 9.59 Å². The Morgan fingerprint density at radius 1 is 1.53 bits per heavy atom. The van der Waals surface area contributed by atoms with E-state index in [9.17, 15) is 9.59 Å². The zero-order valence-electron chi connectivity index (χ0n) is 8.41. The van der Waals surface area contributed by atoms with Crippen molar-refractivity contribution in [1.29, 1.82) is 0 Å². The topological polar surface area (TPSA) is 98.7 Å². The van der Waals surface area contributed by atoms with Gasteiger partial charge in [-0.2, -0.15) is 0 Å². The third kappa shape index (κ3) is 2.77. The van der Waals surface area contributed by atoms with E-state index < -0.39 is 24.5 Å². The Hall–Kier alpha value is -1.40. The van der Waals surface area contributed by atoms with Gasteiger partial charge in [-0.15, -0.1) is 0 Å². The standard InChI is InChI=1S/C9H14N2O4/c1-5(6-2-10-3-6)8(13)11-7(4-12)9(14)15/h7,10,12H,2-4H2,1H3,(H,11,13)(H,14,15)/t7-/m0/s1. The van der Waals surface area contributed by atoms with Gasteiger partial charge in [0.15, 0.2) is 6.04 Å². The van der Waals surface area contributed by atoms with Crippen molar-refractivity contribution >= 4 is 11.9 Å². The lowest BCUT2D eigenvalue weighted by atomic mass is 10.0. The summed E-state index contributed by atoms with van der Waals surface area (Å²) in [5, 5.41) is 22.5. The quantitative estimate of drug-likeness (QED) is 0.425. The van der Waals surface area contributed by atoms with Crippen molar-refractivity contribution in [2.24, 2.45) is 0 Å². The van der Waals surface area contributed by atoms with Crippen molar-refractivity contribution in [3.05, 3.63) is 11.1 Å². The fourth-order valence-corrected chi connectivity index (χ4v) is 1.13. The van der Waals surface area contributed by atoms with Crippen molar-refractivity contribution in [2.75, 3.05) is 19.7 Å². The van der Waals surface area contributed by atoms with Gasteiger partial charge < -0.3 is 20.8 Å². The van der Waals surface area contributed by atoms with Gasteiger partial charge in [0.25, 0.3) is 0 Å². The lowest BCUT2D eigenvalue weighted by Gasteiger charge is -2.22. The van der Waals surface area contributed by atoms with Crippen molar-refractivity contribution in [1.82, 2.24) is 10.6 Å². The summed E-state index contributed by atoms with van der Waals surface area (Å²) in [6.07, 6.45) is 0. The zero-order chi connectivity index (χ0) is 11.4. The molecule has 1 amide bonds. The Balaban J connectivity index is 2.58. The summed E-state index contributed by atoms with van der Waals surface area (Å²) in [4.78, 5) is 22.0. The molecule has 0 bridgehead atoms. The van der Waals surface area contributed by atoms with Crippen LogP contribution in [0.5, 0.6) is 0 Å². The number of hydrogen-bond acceptors (Lipinski definition) is 4. The Kier molecular flexibility index (Phi) is 3.81. The van der Waals surface area contributed by atoms with E-state index in [1.807, 2.05) is 0 Å². The van der Waals surface area contributed by atoms with Crippen LogP contribution in [0.4, 0.5) is 0 Å². The van der Waals surface area contributed by atoms with Gasteiger partial charge >= 0.3 is 5.97 Å². The monoisotopic (exact) mass is 214 g/mol. The SMILES string of the molecule is CC(C(=O)N[C@@H](CO)C(=O)O)=C1CNC1. The second kappa shape index (κ2) is 4.90. The number of carbonyl (C=O) groups is 2. The first-order valence-electron chi connectivity index (χ1n) is 4.60. The molecule has 0 aromatic rings. The van der Waals surface area contributed by atoms with Gasteiger partial charge in [0.1, 0.15) is 0 Å². The number of rotatable bonds is 4. The number of hydrogen-bond donors (Lipinski definition) is 4. The minimum Gasteiger partial charge on any atom is -0.480 e. The fraction of sp³-hybridized carbons (Fsp3) is 0.556. The summed E-state index contributed by atoms with van der Waals surface area (Å²) in [7, 11) is 0.